The summed E-state index contributed by atoms with van der Waals surface area (Å²) in [7, 11) is 0. The standard InChI is InChI=1S/C20H18F6N4O3/c1-11(13-8-15(20(24,25)26)18(32)28-9-13)33-29-17(31)12-4-6-30(7-5-12)16-3-2-14(10-27-16)19(21,22)23/h2-4,8-11H,5-7H2,1H3,(H,28,32)(H,29,31). The van der Waals surface area contributed by atoms with Gasteiger partial charge >= 0.3 is 12.4 Å². The molecule has 1 aliphatic heterocycles. The van der Waals surface area contributed by atoms with Gasteiger partial charge in [0.1, 0.15) is 17.5 Å². The van der Waals surface area contributed by atoms with Gasteiger partial charge in [0.25, 0.3) is 11.5 Å². The summed E-state index contributed by atoms with van der Waals surface area (Å²) in [6.45, 7) is 1.91. The Morgan fingerprint density at radius 3 is 2.48 bits per heavy atom. The molecule has 0 saturated heterocycles. The van der Waals surface area contributed by atoms with Crippen molar-refractivity contribution in [2.45, 2.75) is 31.8 Å². The molecule has 3 heterocycles. The SMILES string of the molecule is CC(ONC(=O)C1=CCN(c2ccc(C(F)(F)F)cn2)CC1)c1c[nH]c(=O)c(C(F)(F)F)c1. The average molecular weight is 476 g/mol. The van der Waals surface area contributed by atoms with E-state index in [-0.39, 0.29) is 18.5 Å². The topological polar surface area (TPSA) is 87.3 Å². The van der Waals surface area contributed by atoms with E-state index in [1.165, 1.54) is 13.0 Å². The van der Waals surface area contributed by atoms with Crippen LogP contribution in [0.1, 0.15) is 36.1 Å². The summed E-state index contributed by atoms with van der Waals surface area (Å²) >= 11 is 0. The maximum absolute atomic E-state index is 12.9. The fraction of sp³-hybridized carbons (Fsp3) is 0.350. The van der Waals surface area contributed by atoms with Gasteiger partial charge in [-0.05, 0) is 31.5 Å². The molecule has 33 heavy (non-hydrogen) atoms. The monoisotopic (exact) mass is 476 g/mol. The molecule has 0 saturated carbocycles. The van der Waals surface area contributed by atoms with Crippen molar-refractivity contribution in [3.63, 3.8) is 0 Å². The lowest BCUT2D eigenvalue weighted by Gasteiger charge is -2.27. The molecule has 178 valence electrons. The van der Waals surface area contributed by atoms with Crippen molar-refractivity contribution in [2.24, 2.45) is 0 Å². The van der Waals surface area contributed by atoms with Gasteiger partial charge in [-0.2, -0.15) is 26.3 Å². The summed E-state index contributed by atoms with van der Waals surface area (Å²) in [6, 6.07) is 2.81. The van der Waals surface area contributed by atoms with E-state index in [1.54, 1.807) is 11.0 Å². The molecular formula is C20H18F6N4O3. The molecule has 0 spiro atoms. The molecular weight excluding hydrogens is 458 g/mol. The largest absolute Gasteiger partial charge is 0.421 e. The average Bonchev–Trinajstić information content (AvgIpc) is 2.76. The fourth-order valence-electron chi connectivity index (χ4n) is 3.05. The number of H-pyrrole nitrogens is 1. The van der Waals surface area contributed by atoms with E-state index >= 15 is 0 Å². The summed E-state index contributed by atoms with van der Waals surface area (Å²) in [5.74, 6) is -0.288. The third-order valence-electron chi connectivity index (χ3n) is 4.93. The van der Waals surface area contributed by atoms with Crippen LogP contribution < -0.4 is 15.9 Å². The Bertz CT molecular complexity index is 1090. The van der Waals surface area contributed by atoms with Crippen LogP contribution in [0.4, 0.5) is 32.2 Å². The predicted octanol–water partition coefficient (Wildman–Crippen LogP) is 3.75. The van der Waals surface area contributed by atoms with Gasteiger partial charge in [-0.1, -0.05) is 6.08 Å². The zero-order chi connectivity index (χ0) is 24.4. The van der Waals surface area contributed by atoms with Crippen molar-refractivity contribution >= 4 is 11.7 Å². The second-order valence-electron chi connectivity index (χ2n) is 7.19. The van der Waals surface area contributed by atoms with Gasteiger partial charge in [0.15, 0.2) is 0 Å². The summed E-state index contributed by atoms with van der Waals surface area (Å²) < 4.78 is 76.6. The Morgan fingerprint density at radius 2 is 1.94 bits per heavy atom. The number of nitrogens with one attached hydrogen (secondary N) is 2. The van der Waals surface area contributed by atoms with E-state index in [0.717, 1.165) is 18.5 Å². The maximum atomic E-state index is 12.9. The number of amides is 1. The van der Waals surface area contributed by atoms with E-state index in [9.17, 15) is 35.9 Å². The lowest BCUT2D eigenvalue weighted by molar-refractivity contribution is -0.139. The Kier molecular flexibility index (Phi) is 6.81. The minimum absolute atomic E-state index is 0.000554. The highest BCUT2D eigenvalue weighted by atomic mass is 19.4. The second kappa shape index (κ2) is 9.25. The molecule has 1 unspecified atom stereocenters. The molecule has 2 aromatic rings. The molecule has 2 aromatic heterocycles. The number of halogens is 6. The number of carbonyl (C=O) groups is 1. The molecule has 2 N–H and O–H groups in total. The van der Waals surface area contributed by atoms with Crippen molar-refractivity contribution < 1.29 is 36.0 Å². The lowest BCUT2D eigenvalue weighted by Crippen LogP contribution is -2.34. The van der Waals surface area contributed by atoms with Crippen molar-refractivity contribution in [2.75, 3.05) is 18.0 Å². The van der Waals surface area contributed by atoms with Crippen molar-refractivity contribution in [3.8, 4) is 0 Å². The quantitative estimate of drug-likeness (QED) is 0.507. The van der Waals surface area contributed by atoms with Crippen LogP contribution in [-0.4, -0.2) is 29.0 Å². The van der Waals surface area contributed by atoms with Crippen molar-refractivity contribution in [1.82, 2.24) is 15.4 Å². The van der Waals surface area contributed by atoms with Crippen LogP contribution in [0.5, 0.6) is 0 Å². The zero-order valence-electron chi connectivity index (χ0n) is 17.0. The van der Waals surface area contributed by atoms with Gasteiger partial charge in [-0.25, -0.2) is 10.5 Å². The van der Waals surface area contributed by atoms with Gasteiger partial charge in [0, 0.05) is 36.6 Å². The number of hydroxylamine groups is 1. The fourth-order valence-corrected chi connectivity index (χ4v) is 3.05. The Morgan fingerprint density at radius 1 is 1.21 bits per heavy atom. The van der Waals surface area contributed by atoms with Gasteiger partial charge in [0.05, 0.1) is 5.56 Å². The number of hydrogen-bond acceptors (Lipinski definition) is 5. The molecule has 1 atom stereocenters. The van der Waals surface area contributed by atoms with Gasteiger partial charge in [-0.3, -0.25) is 14.4 Å². The number of carbonyl (C=O) groups excluding carboxylic acids is 1. The van der Waals surface area contributed by atoms with Crippen LogP contribution in [0, 0.1) is 0 Å². The predicted molar refractivity (Wildman–Crippen MR) is 104 cm³/mol. The molecule has 3 rings (SSSR count). The van der Waals surface area contributed by atoms with E-state index in [4.69, 9.17) is 4.84 Å². The highest BCUT2D eigenvalue weighted by molar-refractivity contribution is 5.93. The van der Waals surface area contributed by atoms with E-state index in [0.29, 0.717) is 24.0 Å². The Balaban J connectivity index is 1.57. The van der Waals surface area contributed by atoms with Gasteiger partial charge < -0.3 is 9.88 Å². The van der Waals surface area contributed by atoms with Crippen LogP contribution in [0.15, 0.2) is 47.0 Å². The number of pyridine rings is 2. The molecule has 0 aliphatic carbocycles. The molecule has 0 aromatic carbocycles. The van der Waals surface area contributed by atoms with Crippen molar-refractivity contribution in [1.29, 1.82) is 0 Å². The van der Waals surface area contributed by atoms with Gasteiger partial charge in [-0.15, -0.1) is 0 Å². The third-order valence-corrected chi connectivity index (χ3v) is 4.93. The lowest BCUT2D eigenvalue weighted by atomic mass is 10.1. The summed E-state index contributed by atoms with van der Waals surface area (Å²) in [4.78, 5) is 36.3. The van der Waals surface area contributed by atoms with Gasteiger partial charge in [0.2, 0.25) is 0 Å². The minimum Gasteiger partial charge on any atom is -0.353 e. The van der Waals surface area contributed by atoms with Crippen molar-refractivity contribution in [3.05, 3.63) is 69.3 Å². The molecule has 1 amide bonds. The second-order valence-corrected chi connectivity index (χ2v) is 7.19. The number of hydrogen-bond donors (Lipinski definition) is 2. The number of rotatable bonds is 5. The first-order valence-corrected chi connectivity index (χ1v) is 9.59. The molecule has 1 aliphatic rings. The van der Waals surface area contributed by atoms with E-state index < -0.39 is 41.0 Å². The number of aromatic amines is 1. The molecule has 0 radical (unpaired) electrons. The summed E-state index contributed by atoms with van der Waals surface area (Å²) in [6.07, 6.45) is -6.74. The maximum Gasteiger partial charge on any atom is 0.421 e. The Labute approximate surface area is 183 Å². The molecule has 0 bridgehead atoms. The summed E-state index contributed by atoms with van der Waals surface area (Å²) in [5.41, 5.74) is -1.04. The first kappa shape index (κ1) is 24.3. The first-order chi connectivity index (χ1) is 15.4. The molecule has 7 nitrogen and oxygen atoms in total. The number of nitrogens with zero attached hydrogens (tertiary/aromatic N) is 2. The van der Waals surface area contributed by atoms with Crippen LogP contribution in [0.2, 0.25) is 0 Å². The van der Waals surface area contributed by atoms with Crippen LogP contribution in [-0.2, 0) is 22.0 Å². The van der Waals surface area contributed by atoms with E-state index in [1.807, 2.05) is 4.98 Å². The third kappa shape index (κ3) is 5.92. The highest BCUT2D eigenvalue weighted by Crippen LogP contribution is 2.30. The van der Waals surface area contributed by atoms with Crippen LogP contribution in [0.3, 0.4) is 0 Å². The first-order valence-electron chi connectivity index (χ1n) is 9.59. The highest BCUT2D eigenvalue weighted by Gasteiger charge is 2.34. The van der Waals surface area contributed by atoms with Crippen LogP contribution in [0.25, 0.3) is 0 Å². The molecule has 0 fully saturated rings. The zero-order valence-corrected chi connectivity index (χ0v) is 17.0. The molecule has 13 heteroatoms. The minimum atomic E-state index is -4.84. The van der Waals surface area contributed by atoms with Crippen LogP contribution >= 0.6 is 0 Å². The summed E-state index contributed by atoms with van der Waals surface area (Å²) in [5, 5.41) is 0. The number of alkyl halides is 6. The van der Waals surface area contributed by atoms with E-state index in [2.05, 4.69) is 10.5 Å². The smallest absolute Gasteiger partial charge is 0.353 e. The normalized spacial score (nSPS) is 15.7. The number of aromatic nitrogens is 2. The number of anilines is 1. The Hall–Kier alpha value is -3.35.